The van der Waals surface area contributed by atoms with Crippen molar-refractivity contribution < 1.29 is 22.7 Å². The molecule has 0 spiro atoms. The van der Waals surface area contributed by atoms with E-state index in [0.717, 1.165) is 11.1 Å². The van der Waals surface area contributed by atoms with Crippen LogP contribution in [0.5, 0.6) is 11.5 Å². The molecule has 3 aromatic rings. The number of benzene rings is 3. The van der Waals surface area contributed by atoms with Crippen LogP contribution in [0, 0.1) is 13.8 Å². The van der Waals surface area contributed by atoms with Crippen LogP contribution in [-0.4, -0.2) is 21.1 Å². The van der Waals surface area contributed by atoms with Crippen LogP contribution in [0.2, 0.25) is 5.02 Å². The molecule has 1 amide bonds. The molecule has 0 saturated heterocycles. The molecule has 9 heteroatoms. The first-order valence-electron chi connectivity index (χ1n) is 9.33. The molecule has 0 radical (unpaired) electrons. The smallest absolute Gasteiger partial charge is 0.263 e. The SMILES string of the molecule is Cc1ccc(NS(=O)(=O)c2cc(C(=O)Nc3ccc4c(c3)OCO4)ccc2Cl)cc1C. The fourth-order valence-corrected chi connectivity index (χ4v) is 4.62. The first kappa shape index (κ1) is 21.0. The van der Waals surface area contributed by atoms with Gasteiger partial charge >= 0.3 is 0 Å². The van der Waals surface area contributed by atoms with Crippen molar-refractivity contribution in [1.82, 2.24) is 0 Å². The summed E-state index contributed by atoms with van der Waals surface area (Å²) in [7, 11) is -4.01. The van der Waals surface area contributed by atoms with Crippen molar-refractivity contribution in [2.24, 2.45) is 0 Å². The molecular formula is C22H19ClN2O5S. The molecule has 0 bridgehead atoms. The maximum Gasteiger partial charge on any atom is 0.263 e. The van der Waals surface area contributed by atoms with Gasteiger partial charge in [-0.3, -0.25) is 9.52 Å². The minimum absolute atomic E-state index is 0.0102. The van der Waals surface area contributed by atoms with Gasteiger partial charge in [0.1, 0.15) is 4.90 Å². The predicted molar refractivity (Wildman–Crippen MR) is 119 cm³/mol. The molecule has 0 atom stereocenters. The van der Waals surface area contributed by atoms with Crippen LogP contribution < -0.4 is 19.5 Å². The molecule has 1 aliphatic rings. The molecule has 0 unspecified atom stereocenters. The van der Waals surface area contributed by atoms with Gasteiger partial charge in [0.25, 0.3) is 15.9 Å². The van der Waals surface area contributed by atoms with E-state index in [2.05, 4.69) is 10.0 Å². The standard InChI is InChI=1S/C22H19ClN2O5S/c1-13-3-5-17(9-14(13)2)25-31(27,28)21-10-15(4-7-18(21)23)22(26)24-16-6-8-19-20(11-16)30-12-29-19/h3-11,25H,12H2,1-2H3,(H,24,26). The summed E-state index contributed by atoms with van der Waals surface area (Å²) in [5, 5.41) is 2.73. The average Bonchev–Trinajstić information content (AvgIpc) is 3.18. The number of sulfonamides is 1. The number of anilines is 2. The van der Waals surface area contributed by atoms with Crippen LogP contribution in [0.3, 0.4) is 0 Å². The quantitative estimate of drug-likeness (QED) is 0.576. The highest BCUT2D eigenvalue weighted by molar-refractivity contribution is 7.92. The molecule has 0 aromatic heterocycles. The van der Waals surface area contributed by atoms with E-state index in [1.807, 2.05) is 19.9 Å². The predicted octanol–water partition coefficient (Wildman–Crippen LogP) is 4.74. The maximum absolute atomic E-state index is 12.9. The summed E-state index contributed by atoms with van der Waals surface area (Å²) in [5.41, 5.74) is 3.03. The molecule has 2 N–H and O–H groups in total. The van der Waals surface area contributed by atoms with Crippen LogP contribution >= 0.6 is 11.6 Å². The van der Waals surface area contributed by atoms with Crippen LogP contribution in [-0.2, 0) is 10.0 Å². The van der Waals surface area contributed by atoms with E-state index in [1.54, 1.807) is 30.3 Å². The Morgan fingerprint density at radius 1 is 0.903 bits per heavy atom. The van der Waals surface area contributed by atoms with Gasteiger partial charge in [-0.05, 0) is 67.4 Å². The molecule has 160 valence electrons. The number of rotatable bonds is 5. The average molecular weight is 459 g/mol. The maximum atomic E-state index is 12.9. The Bertz CT molecular complexity index is 1290. The number of carbonyl (C=O) groups excluding carboxylic acids is 1. The van der Waals surface area contributed by atoms with Gasteiger partial charge in [0.15, 0.2) is 11.5 Å². The Morgan fingerprint density at radius 3 is 2.42 bits per heavy atom. The van der Waals surface area contributed by atoms with Crippen LogP contribution in [0.4, 0.5) is 11.4 Å². The molecule has 3 aromatic carbocycles. The summed E-state index contributed by atoms with van der Waals surface area (Å²) >= 11 is 6.15. The third kappa shape index (κ3) is 4.45. The van der Waals surface area contributed by atoms with E-state index in [1.165, 1.54) is 18.2 Å². The van der Waals surface area contributed by atoms with Crippen molar-refractivity contribution in [2.75, 3.05) is 16.8 Å². The van der Waals surface area contributed by atoms with Gasteiger partial charge in [-0.1, -0.05) is 17.7 Å². The molecule has 0 fully saturated rings. The molecule has 1 aliphatic heterocycles. The molecule has 0 aliphatic carbocycles. The van der Waals surface area contributed by atoms with E-state index in [9.17, 15) is 13.2 Å². The van der Waals surface area contributed by atoms with Crippen molar-refractivity contribution in [3.8, 4) is 11.5 Å². The Labute approximate surface area is 185 Å². The molecule has 4 rings (SSSR count). The van der Waals surface area contributed by atoms with Gasteiger partial charge in [0, 0.05) is 23.0 Å². The number of aryl methyl sites for hydroxylation is 2. The van der Waals surface area contributed by atoms with E-state index < -0.39 is 15.9 Å². The van der Waals surface area contributed by atoms with Gasteiger partial charge < -0.3 is 14.8 Å². The second-order valence-corrected chi connectivity index (χ2v) is 9.13. The van der Waals surface area contributed by atoms with Crippen molar-refractivity contribution >= 4 is 38.9 Å². The number of halogens is 1. The topological polar surface area (TPSA) is 93.7 Å². The monoisotopic (exact) mass is 458 g/mol. The lowest BCUT2D eigenvalue weighted by molar-refractivity contribution is 0.102. The Hall–Kier alpha value is -3.23. The normalized spacial score (nSPS) is 12.5. The number of carbonyl (C=O) groups is 1. The van der Waals surface area contributed by atoms with E-state index in [0.29, 0.717) is 22.9 Å². The number of hydrogen-bond donors (Lipinski definition) is 2. The highest BCUT2D eigenvalue weighted by atomic mass is 35.5. The van der Waals surface area contributed by atoms with Gasteiger partial charge in [0.05, 0.1) is 5.02 Å². The van der Waals surface area contributed by atoms with Crippen molar-refractivity contribution in [2.45, 2.75) is 18.7 Å². The van der Waals surface area contributed by atoms with E-state index in [-0.39, 0.29) is 22.3 Å². The van der Waals surface area contributed by atoms with Crippen molar-refractivity contribution in [3.63, 3.8) is 0 Å². The zero-order valence-corrected chi connectivity index (χ0v) is 18.3. The van der Waals surface area contributed by atoms with Crippen LogP contribution in [0.25, 0.3) is 0 Å². The zero-order valence-electron chi connectivity index (χ0n) is 16.7. The van der Waals surface area contributed by atoms with E-state index >= 15 is 0 Å². The number of ether oxygens (including phenoxy) is 2. The van der Waals surface area contributed by atoms with Crippen molar-refractivity contribution in [1.29, 1.82) is 0 Å². The Balaban J connectivity index is 1.58. The van der Waals surface area contributed by atoms with Crippen LogP contribution in [0.15, 0.2) is 59.5 Å². The summed E-state index contributed by atoms with van der Waals surface area (Å²) in [4.78, 5) is 12.5. The fraction of sp³-hybridized carbons (Fsp3) is 0.136. The minimum Gasteiger partial charge on any atom is -0.454 e. The van der Waals surface area contributed by atoms with E-state index in [4.69, 9.17) is 21.1 Å². The fourth-order valence-electron chi connectivity index (χ4n) is 3.04. The summed E-state index contributed by atoms with van der Waals surface area (Å²) in [6.45, 7) is 3.95. The Morgan fingerprint density at radius 2 is 1.65 bits per heavy atom. The lowest BCUT2D eigenvalue weighted by Crippen LogP contribution is -2.16. The highest BCUT2D eigenvalue weighted by Crippen LogP contribution is 2.34. The molecule has 31 heavy (non-hydrogen) atoms. The lowest BCUT2D eigenvalue weighted by atomic mass is 10.1. The number of nitrogens with one attached hydrogen (secondary N) is 2. The van der Waals surface area contributed by atoms with Gasteiger partial charge in [-0.25, -0.2) is 8.42 Å². The number of fused-ring (bicyclic) bond motifs is 1. The minimum atomic E-state index is -4.01. The summed E-state index contributed by atoms with van der Waals surface area (Å²) in [6, 6.07) is 14.3. The second-order valence-electron chi connectivity index (χ2n) is 7.07. The van der Waals surface area contributed by atoms with Gasteiger partial charge in [-0.2, -0.15) is 0 Å². The summed E-state index contributed by atoms with van der Waals surface area (Å²) in [6.07, 6.45) is 0. The first-order chi connectivity index (χ1) is 14.7. The zero-order chi connectivity index (χ0) is 22.2. The molecular weight excluding hydrogens is 440 g/mol. The third-order valence-corrected chi connectivity index (χ3v) is 6.74. The lowest BCUT2D eigenvalue weighted by Gasteiger charge is -2.12. The van der Waals surface area contributed by atoms with Gasteiger partial charge in [-0.15, -0.1) is 0 Å². The number of hydrogen-bond acceptors (Lipinski definition) is 5. The largest absolute Gasteiger partial charge is 0.454 e. The highest BCUT2D eigenvalue weighted by Gasteiger charge is 2.21. The first-order valence-corrected chi connectivity index (χ1v) is 11.2. The molecule has 0 saturated carbocycles. The third-order valence-electron chi connectivity index (χ3n) is 4.87. The Kier molecular flexibility index (Phi) is 5.51. The van der Waals surface area contributed by atoms with Gasteiger partial charge in [0.2, 0.25) is 6.79 Å². The molecule has 7 nitrogen and oxygen atoms in total. The summed E-state index contributed by atoms with van der Waals surface area (Å²) in [5.74, 6) is 0.628. The summed E-state index contributed by atoms with van der Waals surface area (Å²) < 4.78 is 38.9. The number of amides is 1. The van der Waals surface area contributed by atoms with Crippen LogP contribution in [0.1, 0.15) is 21.5 Å². The second kappa shape index (κ2) is 8.13. The molecule has 1 heterocycles. The van der Waals surface area contributed by atoms with Crippen molar-refractivity contribution in [3.05, 3.63) is 76.3 Å².